The molecule has 144 valence electrons. The number of rotatable bonds is 5. The number of nitrogens with one attached hydrogen (secondary N) is 2. The van der Waals surface area contributed by atoms with Crippen molar-refractivity contribution < 1.29 is 13.6 Å². The molecule has 3 aromatic rings. The highest BCUT2D eigenvalue weighted by Gasteiger charge is 2.12. The maximum absolute atomic E-state index is 13.4. The van der Waals surface area contributed by atoms with Crippen molar-refractivity contribution in [2.75, 3.05) is 10.6 Å². The molecular formula is C21H20F2N4O. The second kappa shape index (κ2) is 8.12. The lowest BCUT2D eigenvalue weighted by Gasteiger charge is -2.10. The lowest BCUT2D eigenvalue weighted by Crippen LogP contribution is -2.15. The second-order valence-electron chi connectivity index (χ2n) is 6.67. The topological polar surface area (TPSA) is 66.9 Å². The molecule has 0 saturated heterocycles. The maximum atomic E-state index is 13.4. The zero-order valence-corrected chi connectivity index (χ0v) is 15.8. The van der Waals surface area contributed by atoms with Gasteiger partial charge in [-0.3, -0.25) is 4.79 Å². The van der Waals surface area contributed by atoms with Gasteiger partial charge in [0.2, 0.25) is 0 Å². The normalized spacial score (nSPS) is 10.8. The number of carbonyl (C=O) groups excluding carboxylic acids is 1. The molecule has 0 atom stereocenters. The number of benzene rings is 2. The Morgan fingerprint density at radius 1 is 0.929 bits per heavy atom. The Kier molecular flexibility index (Phi) is 5.63. The van der Waals surface area contributed by atoms with Crippen LogP contribution in [0.15, 0.2) is 48.5 Å². The van der Waals surface area contributed by atoms with E-state index in [1.807, 2.05) is 24.3 Å². The number of aryl methyl sites for hydroxylation is 1. The molecule has 0 spiro atoms. The number of carbonyl (C=O) groups is 1. The fraction of sp³-hybridized carbons (Fsp3) is 0.190. The predicted octanol–water partition coefficient (Wildman–Crippen LogP) is 5.18. The molecule has 3 rings (SSSR count). The molecule has 0 aliphatic heterocycles. The SMILES string of the molecule is Cc1nc(Nc2ccc(F)c(F)c2)cc(C(=O)Nc2ccc(C(C)C)cc2)n1. The molecule has 1 amide bonds. The van der Waals surface area contributed by atoms with Gasteiger partial charge in [0.1, 0.15) is 17.3 Å². The van der Waals surface area contributed by atoms with Gasteiger partial charge >= 0.3 is 0 Å². The van der Waals surface area contributed by atoms with E-state index < -0.39 is 17.5 Å². The first-order valence-electron chi connectivity index (χ1n) is 8.81. The molecule has 0 fully saturated rings. The average Bonchev–Trinajstić information content (AvgIpc) is 2.64. The Balaban J connectivity index is 1.78. The van der Waals surface area contributed by atoms with Crippen LogP contribution in [0.2, 0.25) is 0 Å². The lowest BCUT2D eigenvalue weighted by molar-refractivity contribution is 0.102. The van der Waals surface area contributed by atoms with Crippen molar-refractivity contribution in [3.8, 4) is 0 Å². The monoisotopic (exact) mass is 382 g/mol. The Hall–Kier alpha value is -3.35. The van der Waals surface area contributed by atoms with E-state index in [0.717, 1.165) is 12.1 Å². The summed E-state index contributed by atoms with van der Waals surface area (Å²) >= 11 is 0. The third-order valence-electron chi connectivity index (χ3n) is 4.10. The first-order chi connectivity index (χ1) is 13.3. The van der Waals surface area contributed by atoms with Crippen LogP contribution in [0.4, 0.5) is 26.0 Å². The number of anilines is 3. The fourth-order valence-electron chi connectivity index (χ4n) is 2.62. The zero-order chi connectivity index (χ0) is 20.3. The summed E-state index contributed by atoms with van der Waals surface area (Å²) in [6.45, 7) is 5.84. The summed E-state index contributed by atoms with van der Waals surface area (Å²) in [6, 6.07) is 12.5. The van der Waals surface area contributed by atoms with Crippen molar-refractivity contribution in [2.24, 2.45) is 0 Å². The van der Waals surface area contributed by atoms with Gasteiger partial charge < -0.3 is 10.6 Å². The summed E-state index contributed by atoms with van der Waals surface area (Å²) in [5, 5.41) is 5.65. The van der Waals surface area contributed by atoms with Gasteiger partial charge in [0, 0.05) is 23.5 Å². The Bertz CT molecular complexity index is 1000. The number of amides is 1. The van der Waals surface area contributed by atoms with Crippen molar-refractivity contribution in [1.29, 1.82) is 0 Å². The van der Waals surface area contributed by atoms with Gasteiger partial charge in [-0.05, 0) is 42.7 Å². The third-order valence-corrected chi connectivity index (χ3v) is 4.10. The highest BCUT2D eigenvalue weighted by atomic mass is 19.2. The van der Waals surface area contributed by atoms with Crippen LogP contribution in [-0.4, -0.2) is 15.9 Å². The van der Waals surface area contributed by atoms with Crippen LogP contribution in [0.25, 0.3) is 0 Å². The first kappa shape index (κ1) is 19.4. The second-order valence-corrected chi connectivity index (χ2v) is 6.67. The van der Waals surface area contributed by atoms with Crippen molar-refractivity contribution in [3.63, 3.8) is 0 Å². The molecule has 0 bridgehead atoms. The van der Waals surface area contributed by atoms with Gasteiger partial charge in [-0.1, -0.05) is 26.0 Å². The molecule has 2 N–H and O–H groups in total. The standard InChI is InChI=1S/C21H20F2N4O/c1-12(2)14-4-6-15(7-5-14)27-21(28)19-11-20(25-13(3)24-19)26-16-8-9-17(22)18(23)10-16/h4-12H,1-3H3,(H,27,28)(H,24,25,26). The van der Waals surface area contributed by atoms with Crippen molar-refractivity contribution >= 4 is 23.1 Å². The molecular weight excluding hydrogens is 362 g/mol. The van der Waals surface area contributed by atoms with Crippen LogP contribution in [0.1, 0.15) is 41.6 Å². The van der Waals surface area contributed by atoms with E-state index in [9.17, 15) is 13.6 Å². The summed E-state index contributed by atoms with van der Waals surface area (Å²) in [6.07, 6.45) is 0. The van der Waals surface area contributed by atoms with Gasteiger partial charge in [0.25, 0.3) is 5.91 Å². The van der Waals surface area contributed by atoms with E-state index in [4.69, 9.17) is 0 Å². The molecule has 7 heteroatoms. The molecule has 0 saturated carbocycles. The van der Waals surface area contributed by atoms with Gasteiger partial charge in [-0.25, -0.2) is 18.7 Å². The van der Waals surface area contributed by atoms with Crippen LogP contribution in [-0.2, 0) is 0 Å². The fourth-order valence-corrected chi connectivity index (χ4v) is 2.62. The number of hydrogen-bond acceptors (Lipinski definition) is 4. The maximum Gasteiger partial charge on any atom is 0.274 e. The number of nitrogens with zero attached hydrogens (tertiary/aromatic N) is 2. The van der Waals surface area contributed by atoms with Crippen LogP contribution in [0.3, 0.4) is 0 Å². The molecule has 0 aliphatic rings. The minimum absolute atomic E-state index is 0.158. The van der Waals surface area contributed by atoms with Crippen LogP contribution >= 0.6 is 0 Å². The van der Waals surface area contributed by atoms with E-state index in [2.05, 4.69) is 34.4 Å². The van der Waals surface area contributed by atoms with E-state index in [1.54, 1.807) is 6.92 Å². The molecule has 0 unspecified atom stereocenters. The first-order valence-corrected chi connectivity index (χ1v) is 8.81. The Morgan fingerprint density at radius 3 is 2.25 bits per heavy atom. The molecule has 0 radical (unpaired) electrons. The smallest absolute Gasteiger partial charge is 0.274 e. The van der Waals surface area contributed by atoms with E-state index in [1.165, 1.54) is 17.7 Å². The number of hydrogen-bond donors (Lipinski definition) is 2. The minimum atomic E-state index is -0.974. The largest absolute Gasteiger partial charge is 0.340 e. The quantitative estimate of drug-likeness (QED) is 0.638. The van der Waals surface area contributed by atoms with Crippen LogP contribution < -0.4 is 10.6 Å². The molecule has 0 aliphatic carbocycles. The average molecular weight is 382 g/mol. The van der Waals surface area contributed by atoms with Gasteiger partial charge in [0.15, 0.2) is 11.6 Å². The van der Waals surface area contributed by atoms with E-state index in [0.29, 0.717) is 28.9 Å². The van der Waals surface area contributed by atoms with E-state index in [-0.39, 0.29) is 5.69 Å². The Labute approximate surface area is 161 Å². The predicted molar refractivity (Wildman–Crippen MR) is 105 cm³/mol. The van der Waals surface area contributed by atoms with Crippen LogP contribution in [0.5, 0.6) is 0 Å². The van der Waals surface area contributed by atoms with Crippen LogP contribution in [0, 0.1) is 18.6 Å². The van der Waals surface area contributed by atoms with Crippen molar-refractivity contribution in [2.45, 2.75) is 26.7 Å². The van der Waals surface area contributed by atoms with Gasteiger partial charge in [-0.2, -0.15) is 0 Å². The number of aromatic nitrogens is 2. The summed E-state index contributed by atoms with van der Waals surface area (Å²) in [5.74, 6) is -1.23. The lowest BCUT2D eigenvalue weighted by atomic mass is 10.0. The highest BCUT2D eigenvalue weighted by Crippen LogP contribution is 2.20. The summed E-state index contributed by atoms with van der Waals surface area (Å²) < 4.78 is 26.4. The van der Waals surface area contributed by atoms with E-state index >= 15 is 0 Å². The molecule has 1 heterocycles. The minimum Gasteiger partial charge on any atom is -0.340 e. The molecule has 5 nitrogen and oxygen atoms in total. The van der Waals surface area contributed by atoms with Gasteiger partial charge in [-0.15, -0.1) is 0 Å². The summed E-state index contributed by atoms with van der Waals surface area (Å²) in [7, 11) is 0. The van der Waals surface area contributed by atoms with Crippen molar-refractivity contribution in [3.05, 3.63) is 77.2 Å². The zero-order valence-electron chi connectivity index (χ0n) is 15.8. The van der Waals surface area contributed by atoms with Gasteiger partial charge in [0.05, 0.1) is 0 Å². The highest BCUT2D eigenvalue weighted by molar-refractivity contribution is 6.03. The van der Waals surface area contributed by atoms with Crippen molar-refractivity contribution in [1.82, 2.24) is 9.97 Å². The third kappa shape index (κ3) is 4.68. The summed E-state index contributed by atoms with van der Waals surface area (Å²) in [5.41, 5.74) is 2.30. The number of halogens is 2. The Morgan fingerprint density at radius 2 is 1.61 bits per heavy atom. The molecule has 2 aromatic carbocycles. The molecule has 1 aromatic heterocycles. The molecule has 28 heavy (non-hydrogen) atoms. The summed E-state index contributed by atoms with van der Waals surface area (Å²) in [4.78, 5) is 20.9.